The Morgan fingerprint density at radius 3 is 2.53 bits per heavy atom. The van der Waals surface area contributed by atoms with E-state index in [1.165, 1.54) is 12.1 Å². The first-order valence-electron chi connectivity index (χ1n) is 5.82. The van der Waals surface area contributed by atoms with Crippen molar-refractivity contribution in [2.45, 2.75) is 32.9 Å². The van der Waals surface area contributed by atoms with Gasteiger partial charge in [-0.15, -0.1) is 0 Å². The molecule has 0 heterocycles. The quantitative estimate of drug-likeness (QED) is 0.804. The van der Waals surface area contributed by atoms with Gasteiger partial charge in [-0.2, -0.15) is 0 Å². The number of aliphatic hydroxyl groups excluding tert-OH is 1. The Kier molecular flexibility index (Phi) is 5.51. The zero-order valence-corrected chi connectivity index (χ0v) is 10.2. The van der Waals surface area contributed by atoms with Crippen LogP contribution < -0.4 is 5.32 Å². The lowest BCUT2D eigenvalue weighted by molar-refractivity contribution is 0.243. The van der Waals surface area contributed by atoms with Crippen LogP contribution >= 0.6 is 0 Å². The van der Waals surface area contributed by atoms with E-state index < -0.39 is 11.6 Å². The van der Waals surface area contributed by atoms with E-state index >= 15 is 0 Å². The third-order valence-corrected chi connectivity index (χ3v) is 2.81. The highest BCUT2D eigenvalue weighted by Gasteiger charge is 2.13. The minimum absolute atomic E-state index is 0.0990. The van der Waals surface area contributed by atoms with Crippen molar-refractivity contribution < 1.29 is 13.9 Å². The van der Waals surface area contributed by atoms with Gasteiger partial charge in [0.2, 0.25) is 0 Å². The smallest absolute Gasteiger partial charge is 0.130 e. The average Bonchev–Trinajstić information content (AvgIpc) is 2.25. The maximum atomic E-state index is 13.4. The summed E-state index contributed by atoms with van der Waals surface area (Å²) in [5, 5.41) is 12.1. The lowest BCUT2D eigenvalue weighted by Gasteiger charge is -2.21. The van der Waals surface area contributed by atoms with Crippen LogP contribution in [0.3, 0.4) is 0 Å². The highest BCUT2D eigenvalue weighted by molar-refractivity contribution is 5.18. The van der Waals surface area contributed by atoms with Crippen LogP contribution in [-0.4, -0.2) is 17.8 Å². The molecule has 2 nitrogen and oxygen atoms in total. The number of hydrogen-bond acceptors (Lipinski definition) is 2. The summed E-state index contributed by atoms with van der Waals surface area (Å²) in [6.45, 7) is 4.51. The van der Waals surface area contributed by atoms with Gasteiger partial charge in [-0.25, -0.2) is 8.78 Å². The molecule has 0 radical (unpaired) electrons. The first kappa shape index (κ1) is 14.1. The molecule has 0 aliphatic carbocycles. The summed E-state index contributed by atoms with van der Waals surface area (Å²) in [6, 6.07) is 3.70. The normalized spacial score (nSPS) is 13.1. The van der Waals surface area contributed by atoms with Gasteiger partial charge in [-0.3, -0.25) is 0 Å². The van der Waals surface area contributed by atoms with Gasteiger partial charge in [0.25, 0.3) is 0 Å². The van der Waals surface area contributed by atoms with Crippen LogP contribution in [0, 0.1) is 17.6 Å². The molecular weight excluding hydrogens is 224 g/mol. The Morgan fingerprint density at radius 2 is 2.00 bits per heavy atom. The third-order valence-electron chi connectivity index (χ3n) is 2.81. The zero-order valence-electron chi connectivity index (χ0n) is 10.2. The van der Waals surface area contributed by atoms with E-state index in [-0.39, 0.29) is 12.6 Å². The summed E-state index contributed by atoms with van der Waals surface area (Å²) in [4.78, 5) is 0. The zero-order chi connectivity index (χ0) is 12.8. The van der Waals surface area contributed by atoms with Crippen LogP contribution in [0.4, 0.5) is 8.78 Å². The molecule has 1 aromatic carbocycles. The van der Waals surface area contributed by atoms with Crippen molar-refractivity contribution in [3.05, 3.63) is 35.4 Å². The number of hydrogen-bond donors (Lipinski definition) is 2. The van der Waals surface area contributed by atoms with Crippen molar-refractivity contribution in [2.24, 2.45) is 5.92 Å². The minimum atomic E-state index is -0.568. The standard InChI is InChI=1S/C13H19F2NO/c1-9(2)13(5-6-17)16-8-10-3-4-11(14)7-12(10)15/h3-4,7,9,13,16-17H,5-6,8H2,1-2H3. The molecule has 0 saturated heterocycles. The molecule has 4 heteroatoms. The Morgan fingerprint density at radius 1 is 1.29 bits per heavy atom. The molecule has 1 rings (SSSR count). The summed E-state index contributed by atoms with van der Waals surface area (Å²) in [6.07, 6.45) is 0.625. The van der Waals surface area contributed by atoms with Gasteiger partial charge in [-0.1, -0.05) is 19.9 Å². The largest absolute Gasteiger partial charge is 0.396 e. The van der Waals surface area contributed by atoms with E-state index in [9.17, 15) is 8.78 Å². The maximum absolute atomic E-state index is 13.4. The molecule has 1 atom stereocenters. The van der Waals surface area contributed by atoms with E-state index in [0.717, 1.165) is 6.07 Å². The molecule has 0 bridgehead atoms. The average molecular weight is 243 g/mol. The van der Waals surface area contributed by atoms with E-state index in [1.807, 2.05) is 13.8 Å². The van der Waals surface area contributed by atoms with Crippen LogP contribution in [0.1, 0.15) is 25.8 Å². The van der Waals surface area contributed by atoms with E-state index in [4.69, 9.17) is 5.11 Å². The third kappa shape index (κ3) is 4.40. The fourth-order valence-electron chi connectivity index (χ4n) is 1.72. The van der Waals surface area contributed by atoms with Gasteiger partial charge in [0, 0.05) is 30.8 Å². The topological polar surface area (TPSA) is 32.3 Å². The first-order chi connectivity index (χ1) is 8.04. The minimum Gasteiger partial charge on any atom is -0.396 e. The molecule has 0 fully saturated rings. The number of benzene rings is 1. The summed E-state index contributed by atoms with van der Waals surface area (Å²) in [5.41, 5.74) is 0.440. The molecule has 0 saturated carbocycles. The molecule has 17 heavy (non-hydrogen) atoms. The molecule has 0 aromatic heterocycles. The summed E-state index contributed by atoms with van der Waals surface area (Å²) < 4.78 is 26.1. The summed E-state index contributed by atoms with van der Waals surface area (Å²) in [7, 11) is 0. The number of aliphatic hydroxyl groups is 1. The molecule has 0 aliphatic rings. The van der Waals surface area contributed by atoms with Crippen molar-refractivity contribution in [3.63, 3.8) is 0 Å². The van der Waals surface area contributed by atoms with E-state index in [1.54, 1.807) is 0 Å². The van der Waals surface area contributed by atoms with Crippen LogP contribution in [0.5, 0.6) is 0 Å². The van der Waals surface area contributed by atoms with Crippen molar-refractivity contribution in [1.29, 1.82) is 0 Å². The number of rotatable bonds is 6. The number of nitrogens with one attached hydrogen (secondary N) is 1. The van der Waals surface area contributed by atoms with Gasteiger partial charge in [0.1, 0.15) is 11.6 Å². The Labute approximate surface area is 101 Å². The fraction of sp³-hybridized carbons (Fsp3) is 0.538. The fourth-order valence-corrected chi connectivity index (χ4v) is 1.72. The molecular formula is C13H19F2NO. The van der Waals surface area contributed by atoms with Crippen molar-refractivity contribution in [2.75, 3.05) is 6.61 Å². The predicted molar refractivity (Wildman–Crippen MR) is 63.5 cm³/mol. The summed E-state index contributed by atoms with van der Waals surface area (Å²) in [5.74, 6) is -0.753. The lowest BCUT2D eigenvalue weighted by Crippen LogP contribution is -2.34. The highest BCUT2D eigenvalue weighted by atomic mass is 19.1. The molecule has 0 amide bonds. The van der Waals surface area contributed by atoms with Gasteiger partial charge < -0.3 is 10.4 Å². The monoisotopic (exact) mass is 243 g/mol. The molecule has 0 aliphatic heterocycles. The second kappa shape index (κ2) is 6.67. The Hall–Kier alpha value is -1.00. The van der Waals surface area contributed by atoms with E-state index in [0.29, 0.717) is 24.4 Å². The maximum Gasteiger partial charge on any atom is 0.130 e. The van der Waals surface area contributed by atoms with Crippen LogP contribution in [-0.2, 0) is 6.54 Å². The van der Waals surface area contributed by atoms with Crippen molar-refractivity contribution in [1.82, 2.24) is 5.32 Å². The lowest BCUT2D eigenvalue weighted by atomic mass is 10.0. The molecule has 0 spiro atoms. The van der Waals surface area contributed by atoms with Crippen LogP contribution in [0.2, 0.25) is 0 Å². The predicted octanol–water partition coefficient (Wildman–Crippen LogP) is 2.46. The highest BCUT2D eigenvalue weighted by Crippen LogP contribution is 2.11. The van der Waals surface area contributed by atoms with Crippen LogP contribution in [0.15, 0.2) is 18.2 Å². The van der Waals surface area contributed by atoms with Gasteiger partial charge >= 0.3 is 0 Å². The van der Waals surface area contributed by atoms with Crippen LogP contribution in [0.25, 0.3) is 0 Å². The molecule has 2 N–H and O–H groups in total. The molecule has 1 aromatic rings. The Bertz CT molecular complexity index is 355. The molecule has 1 unspecified atom stereocenters. The Balaban J connectivity index is 2.59. The van der Waals surface area contributed by atoms with E-state index in [2.05, 4.69) is 5.32 Å². The van der Waals surface area contributed by atoms with Gasteiger partial charge in [0.15, 0.2) is 0 Å². The number of halogens is 2. The van der Waals surface area contributed by atoms with Gasteiger partial charge in [0.05, 0.1) is 0 Å². The SMILES string of the molecule is CC(C)C(CCO)NCc1ccc(F)cc1F. The molecule has 96 valence electrons. The van der Waals surface area contributed by atoms with Crippen molar-refractivity contribution in [3.8, 4) is 0 Å². The second-order valence-electron chi connectivity index (χ2n) is 4.48. The summed E-state index contributed by atoms with van der Waals surface area (Å²) >= 11 is 0. The van der Waals surface area contributed by atoms with Crippen molar-refractivity contribution >= 4 is 0 Å². The van der Waals surface area contributed by atoms with Gasteiger partial charge in [-0.05, 0) is 18.4 Å². The first-order valence-corrected chi connectivity index (χ1v) is 5.82. The second-order valence-corrected chi connectivity index (χ2v) is 4.48.